The fraction of sp³-hybridized carbons (Fsp3) is 0.400. The van der Waals surface area contributed by atoms with Gasteiger partial charge in [-0.25, -0.2) is 4.98 Å². The van der Waals surface area contributed by atoms with Crippen LogP contribution < -0.4 is 0 Å². The summed E-state index contributed by atoms with van der Waals surface area (Å²) in [5.41, 5.74) is 3.14. The first kappa shape index (κ1) is 15.9. The minimum atomic E-state index is 0.147. The van der Waals surface area contributed by atoms with Gasteiger partial charge < -0.3 is 14.0 Å². The van der Waals surface area contributed by atoms with Gasteiger partial charge in [-0.15, -0.1) is 0 Å². The standard InChI is InChI=1S/C20H24N4O/c1-15-5-3-7-17-11-18(22(2)19(15)17)20(25)24-9-4-6-16(13-24)12-23-10-8-21-14-23/h3,5,7-8,10-11,14,16H,4,6,9,12-13H2,1-2H3. The van der Waals surface area contributed by atoms with Crippen molar-refractivity contribution in [1.29, 1.82) is 0 Å². The molecule has 0 radical (unpaired) electrons. The van der Waals surface area contributed by atoms with Crippen LogP contribution >= 0.6 is 0 Å². The number of imidazole rings is 1. The van der Waals surface area contributed by atoms with Gasteiger partial charge in [-0.2, -0.15) is 0 Å². The van der Waals surface area contributed by atoms with Gasteiger partial charge in [-0.05, 0) is 37.3 Å². The minimum Gasteiger partial charge on any atom is -0.339 e. The minimum absolute atomic E-state index is 0.147. The SMILES string of the molecule is Cc1cccc2cc(C(=O)N3CCCC(Cn4ccnc4)C3)n(C)c12. The lowest BCUT2D eigenvalue weighted by Crippen LogP contribution is -2.41. The number of fused-ring (bicyclic) bond motifs is 1. The zero-order valence-electron chi connectivity index (χ0n) is 14.9. The monoisotopic (exact) mass is 336 g/mol. The van der Waals surface area contributed by atoms with Crippen LogP contribution in [-0.4, -0.2) is 38.0 Å². The van der Waals surface area contributed by atoms with E-state index in [0.29, 0.717) is 5.92 Å². The Balaban J connectivity index is 1.56. The van der Waals surface area contributed by atoms with E-state index < -0.39 is 0 Å². The maximum atomic E-state index is 13.1. The Kier molecular flexibility index (Phi) is 4.07. The zero-order valence-corrected chi connectivity index (χ0v) is 14.9. The Labute approximate surface area is 147 Å². The maximum Gasteiger partial charge on any atom is 0.270 e. The summed E-state index contributed by atoms with van der Waals surface area (Å²) in [6.07, 6.45) is 7.88. The number of likely N-dealkylation sites (tertiary alicyclic amines) is 1. The van der Waals surface area contributed by atoms with Crippen LogP contribution in [0.25, 0.3) is 10.9 Å². The second kappa shape index (κ2) is 6.39. The molecule has 3 aromatic rings. The number of hydrogen-bond donors (Lipinski definition) is 0. The molecule has 4 rings (SSSR count). The molecule has 130 valence electrons. The number of hydrogen-bond acceptors (Lipinski definition) is 2. The largest absolute Gasteiger partial charge is 0.339 e. The first-order valence-corrected chi connectivity index (χ1v) is 8.93. The third-order valence-corrected chi connectivity index (χ3v) is 5.31. The Hall–Kier alpha value is -2.56. The summed E-state index contributed by atoms with van der Waals surface area (Å²) < 4.78 is 4.16. The lowest BCUT2D eigenvalue weighted by atomic mass is 9.97. The van der Waals surface area contributed by atoms with Gasteiger partial charge in [-0.1, -0.05) is 18.2 Å². The number of amides is 1. The first-order valence-electron chi connectivity index (χ1n) is 8.93. The van der Waals surface area contributed by atoms with E-state index in [0.717, 1.165) is 49.1 Å². The van der Waals surface area contributed by atoms with Crippen molar-refractivity contribution >= 4 is 16.8 Å². The lowest BCUT2D eigenvalue weighted by Gasteiger charge is -2.33. The lowest BCUT2D eigenvalue weighted by molar-refractivity contribution is 0.0653. The van der Waals surface area contributed by atoms with Crippen molar-refractivity contribution in [3.8, 4) is 0 Å². The zero-order chi connectivity index (χ0) is 17.4. The molecule has 1 saturated heterocycles. The van der Waals surface area contributed by atoms with Crippen molar-refractivity contribution in [3.63, 3.8) is 0 Å². The molecular weight excluding hydrogens is 312 g/mol. The van der Waals surface area contributed by atoms with Crippen LogP contribution in [0.4, 0.5) is 0 Å². The van der Waals surface area contributed by atoms with Crippen LogP contribution in [0.1, 0.15) is 28.9 Å². The van der Waals surface area contributed by atoms with E-state index in [-0.39, 0.29) is 5.91 Å². The molecular formula is C20H24N4O. The molecule has 25 heavy (non-hydrogen) atoms. The van der Waals surface area contributed by atoms with Crippen LogP contribution in [-0.2, 0) is 13.6 Å². The van der Waals surface area contributed by atoms with Crippen LogP contribution in [0.5, 0.6) is 0 Å². The number of rotatable bonds is 3. The van der Waals surface area contributed by atoms with E-state index in [1.807, 2.05) is 47.4 Å². The topological polar surface area (TPSA) is 43.1 Å². The molecule has 0 N–H and O–H groups in total. The Morgan fingerprint density at radius 1 is 1.36 bits per heavy atom. The summed E-state index contributed by atoms with van der Waals surface area (Å²) in [7, 11) is 2.00. The summed E-state index contributed by atoms with van der Waals surface area (Å²) in [6.45, 7) is 4.69. The molecule has 3 heterocycles. The van der Waals surface area contributed by atoms with Gasteiger partial charge in [-0.3, -0.25) is 4.79 Å². The molecule has 0 saturated carbocycles. The molecule has 0 spiro atoms. The number of benzene rings is 1. The molecule has 1 aliphatic rings. The van der Waals surface area contributed by atoms with E-state index in [9.17, 15) is 4.79 Å². The number of carbonyl (C=O) groups is 1. The van der Waals surface area contributed by atoms with Crippen molar-refractivity contribution in [2.75, 3.05) is 13.1 Å². The normalized spacial score (nSPS) is 18.0. The number of piperidine rings is 1. The van der Waals surface area contributed by atoms with Crippen LogP contribution in [0, 0.1) is 12.8 Å². The summed E-state index contributed by atoms with van der Waals surface area (Å²) in [6, 6.07) is 8.26. The third kappa shape index (κ3) is 2.95. The van der Waals surface area contributed by atoms with Crippen molar-refractivity contribution in [2.45, 2.75) is 26.3 Å². The Morgan fingerprint density at radius 2 is 2.24 bits per heavy atom. The van der Waals surface area contributed by atoms with E-state index in [2.05, 4.69) is 28.6 Å². The molecule has 1 atom stereocenters. The molecule has 5 heteroatoms. The highest BCUT2D eigenvalue weighted by Gasteiger charge is 2.26. The molecule has 1 fully saturated rings. The molecule has 1 amide bonds. The van der Waals surface area contributed by atoms with Crippen LogP contribution in [0.15, 0.2) is 43.0 Å². The van der Waals surface area contributed by atoms with Crippen LogP contribution in [0.2, 0.25) is 0 Å². The van der Waals surface area contributed by atoms with Gasteiger partial charge >= 0.3 is 0 Å². The van der Waals surface area contributed by atoms with Crippen molar-refractivity contribution in [2.24, 2.45) is 13.0 Å². The Bertz CT molecular complexity index is 894. The van der Waals surface area contributed by atoms with Crippen molar-refractivity contribution in [3.05, 3.63) is 54.2 Å². The number of para-hydroxylation sites is 1. The van der Waals surface area contributed by atoms with Gasteiger partial charge in [0, 0.05) is 44.5 Å². The molecule has 1 aliphatic heterocycles. The summed E-state index contributed by atoms with van der Waals surface area (Å²) in [4.78, 5) is 19.3. The summed E-state index contributed by atoms with van der Waals surface area (Å²) in [5.74, 6) is 0.636. The number of aromatic nitrogens is 3. The highest BCUT2D eigenvalue weighted by molar-refractivity contribution is 5.99. The Morgan fingerprint density at radius 3 is 3.00 bits per heavy atom. The second-order valence-corrected chi connectivity index (χ2v) is 7.12. The van der Waals surface area contributed by atoms with E-state index in [4.69, 9.17) is 0 Å². The summed E-state index contributed by atoms with van der Waals surface area (Å²) in [5, 5.41) is 1.14. The number of nitrogens with zero attached hydrogens (tertiary/aromatic N) is 4. The molecule has 1 unspecified atom stereocenters. The first-order chi connectivity index (χ1) is 12.1. The molecule has 5 nitrogen and oxygen atoms in total. The predicted molar refractivity (Wildman–Crippen MR) is 98.5 cm³/mol. The van der Waals surface area contributed by atoms with Gasteiger partial charge in [0.15, 0.2) is 0 Å². The quantitative estimate of drug-likeness (QED) is 0.737. The third-order valence-electron chi connectivity index (χ3n) is 5.31. The smallest absolute Gasteiger partial charge is 0.270 e. The molecule has 0 aliphatic carbocycles. The van der Waals surface area contributed by atoms with E-state index in [1.165, 1.54) is 5.56 Å². The molecule has 2 aromatic heterocycles. The van der Waals surface area contributed by atoms with E-state index >= 15 is 0 Å². The second-order valence-electron chi connectivity index (χ2n) is 7.12. The molecule has 1 aromatic carbocycles. The van der Waals surface area contributed by atoms with Gasteiger partial charge in [0.1, 0.15) is 5.69 Å². The fourth-order valence-corrected chi connectivity index (χ4v) is 4.08. The fourth-order valence-electron chi connectivity index (χ4n) is 4.08. The van der Waals surface area contributed by atoms with Crippen molar-refractivity contribution in [1.82, 2.24) is 19.0 Å². The average Bonchev–Trinajstić information content (AvgIpc) is 3.23. The van der Waals surface area contributed by atoms with Crippen LogP contribution in [0.3, 0.4) is 0 Å². The number of aryl methyl sites for hydroxylation is 2. The highest BCUT2D eigenvalue weighted by atomic mass is 16.2. The highest BCUT2D eigenvalue weighted by Crippen LogP contribution is 2.25. The number of carbonyl (C=O) groups excluding carboxylic acids is 1. The van der Waals surface area contributed by atoms with Gasteiger partial charge in [0.05, 0.1) is 11.8 Å². The average molecular weight is 336 g/mol. The maximum absolute atomic E-state index is 13.1. The molecule has 0 bridgehead atoms. The van der Waals surface area contributed by atoms with Gasteiger partial charge in [0.2, 0.25) is 0 Å². The van der Waals surface area contributed by atoms with Gasteiger partial charge in [0.25, 0.3) is 5.91 Å². The van der Waals surface area contributed by atoms with Crippen molar-refractivity contribution < 1.29 is 4.79 Å². The summed E-state index contributed by atoms with van der Waals surface area (Å²) >= 11 is 0. The van der Waals surface area contributed by atoms with E-state index in [1.54, 1.807) is 0 Å². The predicted octanol–water partition coefficient (Wildman–Crippen LogP) is 3.24.